The lowest BCUT2D eigenvalue weighted by atomic mass is 9.95. The van der Waals surface area contributed by atoms with Gasteiger partial charge in [0.25, 0.3) is 5.91 Å². The summed E-state index contributed by atoms with van der Waals surface area (Å²) in [7, 11) is 0. The first-order valence-corrected chi connectivity index (χ1v) is 9.46. The van der Waals surface area contributed by atoms with E-state index in [4.69, 9.17) is 20.2 Å². The first-order chi connectivity index (χ1) is 13.1. The molecular formula is C18H29Cl2N5O4. The smallest absolute Gasteiger partial charge is 0.332 e. The Labute approximate surface area is 183 Å². The Hall–Kier alpha value is -1.68. The number of carbonyl (C=O) groups is 2. The lowest BCUT2D eigenvalue weighted by Gasteiger charge is -2.33. The van der Waals surface area contributed by atoms with Crippen LogP contribution >= 0.6 is 24.8 Å². The molecule has 2 fully saturated rings. The average molecular weight is 450 g/mol. The fourth-order valence-corrected chi connectivity index (χ4v) is 3.42. The summed E-state index contributed by atoms with van der Waals surface area (Å²) in [4.78, 5) is 37.0. The maximum absolute atomic E-state index is 12.4. The van der Waals surface area contributed by atoms with Crippen molar-refractivity contribution in [3.05, 3.63) is 18.1 Å². The highest BCUT2D eigenvalue weighted by Gasteiger charge is 2.32. The molecule has 1 unspecified atom stereocenters. The van der Waals surface area contributed by atoms with Gasteiger partial charge < -0.3 is 25.0 Å². The van der Waals surface area contributed by atoms with Gasteiger partial charge in [-0.15, -0.1) is 24.8 Å². The van der Waals surface area contributed by atoms with Gasteiger partial charge in [-0.3, -0.25) is 4.79 Å². The van der Waals surface area contributed by atoms with Gasteiger partial charge in [-0.05, 0) is 25.8 Å². The molecule has 29 heavy (non-hydrogen) atoms. The summed E-state index contributed by atoms with van der Waals surface area (Å²) in [6.45, 7) is 6.03. The van der Waals surface area contributed by atoms with Gasteiger partial charge in [0.05, 0.1) is 19.8 Å². The number of esters is 1. The highest BCUT2D eigenvalue weighted by Crippen LogP contribution is 2.27. The minimum atomic E-state index is -1.25. The van der Waals surface area contributed by atoms with Crippen LogP contribution < -0.4 is 10.6 Å². The summed E-state index contributed by atoms with van der Waals surface area (Å²) in [5.74, 6) is 0.863. The van der Waals surface area contributed by atoms with Crippen LogP contribution in [0.25, 0.3) is 0 Å². The highest BCUT2D eigenvalue weighted by molar-refractivity contribution is 6.01. The van der Waals surface area contributed by atoms with Crippen molar-refractivity contribution in [2.24, 2.45) is 5.73 Å². The topological polar surface area (TPSA) is 111 Å². The van der Waals surface area contributed by atoms with Crippen LogP contribution in [0.5, 0.6) is 0 Å². The number of hydrogen-bond acceptors (Lipinski definition) is 8. The van der Waals surface area contributed by atoms with Crippen molar-refractivity contribution in [2.45, 2.75) is 31.7 Å². The summed E-state index contributed by atoms with van der Waals surface area (Å²) in [6, 6.07) is 0.675. The zero-order valence-electron chi connectivity index (χ0n) is 16.5. The van der Waals surface area contributed by atoms with Gasteiger partial charge in [0.1, 0.15) is 11.6 Å². The molecule has 2 aliphatic rings. The van der Waals surface area contributed by atoms with Crippen molar-refractivity contribution >= 4 is 42.5 Å². The van der Waals surface area contributed by atoms with Crippen molar-refractivity contribution in [3.8, 4) is 0 Å². The number of halogens is 2. The second kappa shape index (κ2) is 12.1. The number of amides is 1. The van der Waals surface area contributed by atoms with Crippen LogP contribution in [-0.4, -0.2) is 78.8 Å². The summed E-state index contributed by atoms with van der Waals surface area (Å²) in [5, 5.41) is 0. The predicted molar refractivity (Wildman–Crippen MR) is 113 cm³/mol. The van der Waals surface area contributed by atoms with Crippen LogP contribution in [-0.2, 0) is 19.1 Å². The van der Waals surface area contributed by atoms with E-state index in [-0.39, 0.29) is 43.2 Å². The third-order valence-electron chi connectivity index (χ3n) is 4.97. The molecule has 11 heteroatoms. The van der Waals surface area contributed by atoms with E-state index in [1.807, 2.05) is 6.07 Å². The van der Waals surface area contributed by atoms with Gasteiger partial charge in [-0.2, -0.15) is 0 Å². The van der Waals surface area contributed by atoms with Crippen molar-refractivity contribution < 1.29 is 19.1 Å². The summed E-state index contributed by atoms with van der Waals surface area (Å²) in [6.07, 6.45) is 3.28. The van der Waals surface area contributed by atoms with Crippen LogP contribution in [0.1, 0.15) is 31.5 Å². The Bertz CT molecular complexity index is 667. The number of piperidine rings is 1. The van der Waals surface area contributed by atoms with Crippen molar-refractivity contribution in [3.63, 3.8) is 0 Å². The summed E-state index contributed by atoms with van der Waals surface area (Å²) in [5.41, 5.74) is 5.72. The second-order valence-corrected chi connectivity index (χ2v) is 6.70. The molecule has 3 heterocycles. The van der Waals surface area contributed by atoms with Gasteiger partial charge in [0.2, 0.25) is 0 Å². The first kappa shape index (κ1) is 25.4. The third-order valence-corrected chi connectivity index (χ3v) is 4.97. The molecule has 1 aromatic rings. The standard InChI is InChI=1S/C18H27N5O4.2ClH/c1-2-27-18(25)15(19)17(24)23-7-4-13(5-8-23)16-20-6-3-14(21-16)22-9-11-26-12-10-22;;/h3,6,13,15H,2,4-5,7-12,19H2,1H3;2*1H. The highest BCUT2D eigenvalue weighted by atomic mass is 35.5. The number of nitrogens with zero attached hydrogens (tertiary/aromatic N) is 4. The molecule has 9 nitrogen and oxygen atoms in total. The largest absolute Gasteiger partial charge is 0.464 e. The second-order valence-electron chi connectivity index (χ2n) is 6.70. The van der Waals surface area contributed by atoms with E-state index in [2.05, 4.69) is 9.88 Å². The first-order valence-electron chi connectivity index (χ1n) is 9.46. The third kappa shape index (κ3) is 6.40. The Kier molecular flexibility index (Phi) is 10.6. The number of anilines is 1. The van der Waals surface area contributed by atoms with E-state index in [0.29, 0.717) is 26.3 Å². The normalized spacial score (nSPS) is 18.3. The van der Waals surface area contributed by atoms with Gasteiger partial charge in [-0.1, -0.05) is 0 Å². The molecule has 0 aromatic carbocycles. The van der Waals surface area contributed by atoms with E-state index < -0.39 is 12.0 Å². The molecule has 0 radical (unpaired) electrons. The molecule has 2 saturated heterocycles. The van der Waals surface area contributed by atoms with Crippen LogP contribution in [0.15, 0.2) is 12.3 Å². The van der Waals surface area contributed by atoms with Gasteiger partial charge >= 0.3 is 5.97 Å². The molecule has 0 saturated carbocycles. The monoisotopic (exact) mass is 449 g/mol. The molecule has 1 amide bonds. The van der Waals surface area contributed by atoms with Crippen LogP contribution in [0, 0.1) is 0 Å². The summed E-state index contributed by atoms with van der Waals surface area (Å²) >= 11 is 0. The zero-order chi connectivity index (χ0) is 19.2. The molecule has 0 aliphatic carbocycles. The number of aromatic nitrogens is 2. The molecule has 2 N–H and O–H groups in total. The van der Waals surface area contributed by atoms with Crippen molar-refractivity contribution in [1.29, 1.82) is 0 Å². The molecule has 0 bridgehead atoms. The van der Waals surface area contributed by atoms with Crippen LogP contribution in [0.4, 0.5) is 5.82 Å². The van der Waals surface area contributed by atoms with Crippen LogP contribution in [0.3, 0.4) is 0 Å². The van der Waals surface area contributed by atoms with Crippen LogP contribution in [0.2, 0.25) is 0 Å². The Balaban J connectivity index is 0.00000210. The number of likely N-dealkylation sites (tertiary alicyclic amines) is 1. The van der Waals surface area contributed by atoms with E-state index >= 15 is 0 Å². The molecule has 2 aliphatic heterocycles. The number of nitrogens with two attached hydrogens (primary N) is 1. The molecule has 164 valence electrons. The Morgan fingerprint density at radius 1 is 1.24 bits per heavy atom. The lowest BCUT2D eigenvalue weighted by Crippen LogP contribution is -2.51. The maximum Gasteiger partial charge on any atom is 0.332 e. The van der Waals surface area contributed by atoms with E-state index in [1.165, 1.54) is 0 Å². The lowest BCUT2D eigenvalue weighted by molar-refractivity contribution is -0.151. The number of morpholine rings is 1. The number of rotatable bonds is 5. The van der Waals surface area contributed by atoms with E-state index in [9.17, 15) is 9.59 Å². The Morgan fingerprint density at radius 3 is 2.52 bits per heavy atom. The number of hydrogen-bond donors (Lipinski definition) is 1. The fraction of sp³-hybridized carbons (Fsp3) is 0.667. The average Bonchev–Trinajstić information content (AvgIpc) is 2.73. The molecule has 1 atom stereocenters. The van der Waals surface area contributed by atoms with Crippen molar-refractivity contribution in [2.75, 3.05) is 50.9 Å². The number of carbonyl (C=O) groups excluding carboxylic acids is 2. The molecule has 3 rings (SSSR count). The van der Waals surface area contributed by atoms with E-state index in [1.54, 1.807) is 18.0 Å². The molecular weight excluding hydrogens is 421 g/mol. The minimum Gasteiger partial charge on any atom is -0.464 e. The van der Waals surface area contributed by atoms with Gasteiger partial charge in [0.15, 0.2) is 6.04 Å². The molecule has 0 spiro atoms. The Morgan fingerprint density at radius 2 is 1.90 bits per heavy atom. The zero-order valence-corrected chi connectivity index (χ0v) is 18.1. The summed E-state index contributed by atoms with van der Waals surface area (Å²) < 4.78 is 10.2. The predicted octanol–water partition coefficient (Wildman–Crippen LogP) is 0.753. The quantitative estimate of drug-likeness (QED) is 0.517. The minimum absolute atomic E-state index is 0. The SMILES string of the molecule is CCOC(=O)C(N)C(=O)N1CCC(c2nccc(N3CCOCC3)n2)CC1.Cl.Cl. The van der Waals surface area contributed by atoms with Crippen molar-refractivity contribution in [1.82, 2.24) is 14.9 Å². The van der Waals surface area contributed by atoms with Gasteiger partial charge in [-0.25, -0.2) is 14.8 Å². The fourth-order valence-electron chi connectivity index (χ4n) is 3.42. The van der Waals surface area contributed by atoms with E-state index in [0.717, 1.165) is 37.6 Å². The number of ether oxygens (including phenoxy) is 2. The molecule has 1 aromatic heterocycles. The maximum atomic E-state index is 12.4. The van der Waals surface area contributed by atoms with Gasteiger partial charge in [0, 0.05) is 38.3 Å².